The van der Waals surface area contributed by atoms with E-state index in [1.54, 1.807) is 29.0 Å². The highest BCUT2D eigenvalue weighted by Gasteiger charge is 2.27. The maximum atomic E-state index is 12.6. The first-order valence-corrected chi connectivity index (χ1v) is 9.43. The van der Waals surface area contributed by atoms with Crippen LogP contribution in [0.1, 0.15) is 18.9 Å². The second kappa shape index (κ2) is 9.20. The third-order valence-corrected chi connectivity index (χ3v) is 4.44. The molecule has 28 heavy (non-hydrogen) atoms. The summed E-state index contributed by atoms with van der Waals surface area (Å²) >= 11 is 0. The number of nitrogens with one attached hydrogen (secondary N) is 1. The number of carbonyl (C=O) groups is 1. The molecule has 1 aliphatic rings. The Kier molecular flexibility index (Phi) is 6.46. The summed E-state index contributed by atoms with van der Waals surface area (Å²) < 4.78 is 7.20. The average molecular weight is 385 g/mol. The number of carbonyl (C=O) groups excluding carboxylic acids is 1. The van der Waals surface area contributed by atoms with E-state index in [0.717, 1.165) is 17.7 Å². The molecule has 9 nitrogen and oxygen atoms in total. The fraction of sp³-hybridized carbons (Fsp3) is 0.474. The number of ether oxygens (including phenoxy) is 1. The summed E-state index contributed by atoms with van der Waals surface area (Å²) in [5.74, 6) is 1.36. The second-order valence-corrected chi connectivity index (χ2v) is 6.59. The number of guanidine groups is 1. The van der Waals surface area contributed by atoms with Crippen molar-refractivity contribution in [2.24, 2.45) is 12.0 Å². The van der Waals surface area contributed by atoms with Crippen molar-refractivity contribution in [2.75, 3.05) is 38.2 Å². The Morgan fingerprint density at radius 2 is 2.18 bits per heavy atom. The third-order valence-electron chi connectivity index (χ3n) is 4.44. The van der Waals surface area contributed by atoms with Gasteiger partial charge in [0.2, 0.25) is 11.8 Å². The Morgan fingerprint density at radius 3 is 2.79 bits per heavy atom. The number of hydrogen-bond donors (Lipinski definition) is 1. The number of nitrogens with zero attached hydrogens (tertiary/aromatic N) is 6. The summed E-state index contributed by atoms with van der Waals surface area (Å²) in [6.45, 7) is 4.86. The molecule has 0 saturated carbocycles. The highest BCUT2D eigenvalue weighted by Crippen LogP contribution is 2.16. The summed E-state index contributed by atoms with van der Waals surface area (Å²) in [5.41, 5.74) is 1.84. The van der Waals surface area contributed by atoms with Crippen LogP contribution < -0.4 is 15.0 Å². The third kappa shape index (κ3) is 4.79. The summed E-state index contributed by atoms with van der Waals surface area (Å²) in [5, 5.41) is 7.45. The number of amides is 1. The molecule has 0 aromatic carbocycles. The van der Waals surface area contributed by atoms with Crippen LogP contribution in [0.25, 0.3) is 0 Å². The molecule has 3 rings (SSSR count). The number of anilines is 1. The lowest BCUT2D eigenvalue weighted by Crippen LogP contribution is -2.55. The van der Waals surface area contributed by atoms with Crippen LogP contribution in [0.15, 0.2) is 35.7 Å². The first-order valence-electron chi connectivity index (χ1n) is 9.43. The van der Waals surface area contributed by atoms with E-state index >= 15 is 0 Å². The van der Waals surface area contributed by atoms with E-state index in [0.29, 0.717) is 38.1 Å². The van der Waals surface area contributed by atoms with Crippen molar-refractivity contribution in [3.8, 4) is 5.88 Å². The van der Waals surface area contributed by atoms with Gasteiger partial charge in [-0.15, -0.1) is 0 Å². The molecule has 0 atom stereocenters. The monoisotopic (exact) mass is 385 g/mol. The van der Waals surface area contributed by atoms with E-state index in [2.05, 4.69) is 27.3 Å². The van der Waals surface area contributed by atoms with Crippen molar-refractivity contribution < 1.29 is 9.53 Å². The van der Waals surface area contributed by atoms with E-state index in [-0.39, 0.29) is 12.5 Å². The van der Waals surface area contributed by atoms with Crippen molar-refractivity contribution in [1.29, 1.82) is 0 Å². The number of pyridine rings is 1. The lowest BCUT2D eigenvalue weighted by molar-refractivity contribution is -0.120. The number of aliphatic imine (C=N–C) groups is 1. The molecule has 0 radical (unpaired) electrons. The van der Waals surface area contributed by atoms with Gasteiger partial charge < -0.3 is 19.9 Å². The molecule has 0 aliphatic carbocycles. The minimum Gasteiger partial charge on any atom is -0.478 e. The summed E-state index contributed by atoms with van der Waals surface area (Å²) in [6, 6.07) is 3.84. The molecule has 2 aromatic rings. The number of aryl methyl sites for hydroxylation is 1. The van der Waals surface area contributed by atoms with Gasteiger partial charge in [0.1, 0.15) is 6.54 Å². The maximum absolute atomic E-state index is 12.6. The zero-order chi connectivity index (χ0) is 19.9. The SMILES string of the molecule is CCCOc1ccc(CNC(=NC)N2CCN(c3cnn(C)c3)C(=O)C2)cn1. The molecule has 0 unspecified atom stereocenters. The smallest absolute Gasteiger partial charge is 0.246 e. The minimum atomic E-state index is 0.0290. The predicted molar refractivity (Wildman–Crippen MR) is 107 cm³/mol. The first-order chi connectivity index (χ1) is 13.6. The Hall–Kier alpha value is -3.10. The standard InChI is InChI=1S/C19H27N7O2/c1-4-9-28-17-6-5-15(10-21-17)11-22-19(20-2)25-7-8-26(18(27)14-25)16-12-23-24(3)13-16/h5-6,10,12-13H,4,7-9,11,14H2,1-3H3,(H,20,22). The zero-order valence-electron chi connectivity index (χ0n) is 16.6. The molecule has 2 aromatic heterocycles. The minimum absolute atomic E-state index is 0.0290. The summed E-state index contributed by atoms with van der Waals surface area (Å²) in [7, 11) is 3.56. The van der Waals surface area contributed by atoms with Crippen LogP contribution in [-0.4, -0.2) is 64.8 Å². The quantitative estimate of drug-likeness (QED) is 0.590. The summed E-state index contributed by atoms with van der Waals surface area (Å²) in [6.07, 6.45) is 6.30. The topological polar surface area (TPSA) is 87.9 Å². The van der Waals surface area contributed by atoms with E-state index in [1.165, 1.54) is 0 Å². The van der Waals surface area contributed by atoms with Gasteiger partial charge in [0.25, 0.3) is 0 Å². The molecular formula is C19H27N7O2. The predicted octanol–water partition coefficient (Wildman–Crippen LogP) is 1.03. The normalized spacial score (nSPS) is 15.1. The van der Waals surface area contributed by atoms with Crippen LogP contribution in [-0.2, 0) is 18.4 Å². The Morgan fingerprint density at radius 1 is 1.32 bits per heavy atom. The Balaban J connectivity index is 1.54. The number of rotatable bonds is 6. The van der Waals surface area contributed by atoms with Crippen LogP contribution >= 0.6 is 0 Å². The molecule has 0 spiro atoms. The van der Waals surface area contributed by atoms with Crippen LogP contribution in [0.2, 0.25) is 0 Å². The molecule has 3 heterocycles. The number of piperazine rings is 1. The van der Waals surface area contributed by atoms with Crippen LogP contribution in [0, 0.1) is 0 Å². The number of hydrogen-bond acceptors (Lipinski definition) is 5. The molecule has 0 bridgehead atoms. The van der Waals surface area contributed by atoms with Gasteiger partial charge in [-0.25, -0.2) is 4.98 Å². The molecule has 1 saturated heterocycles. The molecule has 1 fully saturated rings. The fourth-order valence-electron chi connectivity index (χ4n) is 3.00. The highest BCUT2D eigenvalue weighted by atomic mass is 16.5. The molecule has 1 amide bonds. The average Bonchev–Trinajstić information content (AvgIpc) is 3.14. The van der Waals surface area contributed by atoms with E-state index in [1.807, 2.05) is 30.3 Å². The fourth-order valence-corrected chi connectivity index (χ4v) is 3.00. The van der Waals surface area contributed by atoms with Gasteiger partial charge in [-0.05, 0) is 12.0 Å². The molecule has 9 heteroatoms. The molecule has 1 aliphatic heterocycles. The second-order valence-electron chi connectivity index (χ2n) is 6.59. The van der Waals surface area contributed by atoms with Crippen molar-refractivity contribution in [1.82, 2.24) is 25.0 Å². The Labute approximate surface area is 165 Å². The zero-order valence-corrected chi connectivity index (χ0v) is 16.6. The van der Waals surface area contributed by atoms with Crippen molar-refractivity contribution in [3.63, 3.8) is 0 Å². The van der Waals surface area contributed by atoms with Gasteiger partial charge in [-0.3, -0.25) is 14.5 Å². The van der Waals surface area contributed by atoms with Crippen LogP contribution in [0.4, 0.5) is 5.69 Å². The first kappa shape index (κ1) is 19.7. The van der Waals surface area contributed by atoms with Gasteiger partial charge in [0, 0.05) is 52.2 Å². The molecule has 150 valence electrons. The highest BCUT2D eigenvalue weighted by molar-refractivity contribution is 5.98. The maximum Gasteiger partial charge on any atom is 0.246 e. The van der Waals surface area contributed by atoms with Gasteiger partial charge in [-0.2, -0.15) is 5.10 Å². The van der Waals surface area contributed by atoms with Gasteiger partial charge in [0.05, 0.1) is 18.5 Å². The van der Waals surface area contributed by atoms with E-state index in [9.17, 15) is 4.79 Å². The van der Waals surface area contributed by atoms with E-state index < -0.39 is 0 Å². The van der Waals surface area contributed by atoms with Crippen LogP contribution in [0.5, 0.6) is 5.88 Å². The lowest BCUT2D eigenvalue weighted by atomic mass is 10.2. The molecular weight excluding hydrogens is 358 g/mol. The van der Waals surface area contributed by atoms with Crippen molar-refractivity contribution >= 4 is 17.6 Å². The molecule has 1 N–H and O–H groups in total. The lowest BCUT2D eigenvalue weighted by Gasteiger charge is -2.35. The van der Waals surface area contributed by atoms with Crippen molar-refractivity contribution in [2.45, 2.75) is 19.9 Å². The Bertz CT molecular complexity index is 816. The summed E-state index contributed by atoms with van der Waals surface area (Å²) in [4.78, 5) is 24.9. The van der Waals surface area contributed by atoms with Crippen molar-refractivity contribution in [3.05, 3.63) is 36.3 Å². The van der Waals surface area contributed by atoms with Gasteiger partial charge in [-0.1, -0.05) is 13.0 Å². The van der Waals surface area contributed by atoms with Gasteiger partial charge in [0.15, 0.2) is 5.96 Å². The van der Waals surface area contributed by atoms with E-state index in [4.69, 9.17) is 4.74 Å². The van der Waals surface area contributed by atoms with Gasteiger partial charge >= 0.3 is 0 Å². The van der Waals surface area contributed by atoms with Crippen LogP contribution in [0.3, 0.4) is 0 Å². The number of aromatic nitrogens is 3. The largest absolute Gasteiger partial charge is 0.478 e.